The van der Waals surface area contributed by atoms with Gasteiger partial charge >= 0.3 is 6.03 Å². The second kappa shape index (κ2) is 9.11. The number of nitrogens with one attached hydrogen (secondary N) is 2. The number of hydrogen-bond acceptors (Lipinski definition) is 3. The second-order valence-corrected chi connectivity index (χ2v) is 6.82. The van der Waals surface area contributed by atoms with E-state index in [9.17, 15) is 9.59 Å². The highest BCUT2D eigenvalue weighted by Crippen LogP contribution is 2.27. The van der Waals surface area contributed by atoms with Crippen molar-refractivity contribution >= 4 is 11.9 Å². The van der Waals surface area contributed by atoms with E-state index in [1.165, 1.54) is 25.7 Å². The molecule has 0 aromatic carbocycles. The molecule has 132 valence electrons. The van der Waals surface area contributed by atoms with Crippen LogP contribution in [0.5, 0.6) is 0 Å². The summed E-state index contributed by atoms with van der Waals surface area (Å²) in [5.41, 5.74) is 0. The molecule has 0 radical (unpaired) electrons. The zero-order chi connectivity index (χ0) is 16.7. The molecule has 0 unspecified atom stereocenters. The predicted octanol–water partition coefficient (Wildman–Crippen LogP) is 1.89. The van der Waals surface area contributed by atoms with Crippen LogP contribution in [0.2, 0.25) is 0 Å². The number of amides is 3. The first-order chi connectivity index (χ1) is 11.1. The van der Waals surface area contributed by atoms with Crippen LogP contribution in [0.15, 0.2) is 0 Å². The lowest BCUT2D eigenvalue weighted by Crippen LogP contribution is -2.53. The van der Waals surface area contributed by atoms with Gasteiger partial charge in [-0.15, -0.1) is 0 Å². The monoisotopic (exact) mass is 325 g/mol. The van der Waals surface area contributed by atoms with Crippen molar-refractivity contribution in [2.45, 2.75) is 64.6 Å². The SMILES string of the molecule is CC[C@@H]1CN(C(=O)NCCNC(=O)CC2CCCC2)C[C@H](C)O1. The highest BCUT2D eigenvalue weighted by atomic mass is 16.5. The van der Waals surface area contributed by atoms with Crippen molar-refractivity contribution in [3.8, 4) is 0 Å². The fraction of sp³-hybridized carbons (Fsp3) is 0.882. The van der Waals surface area contributed by atoms with Crippen LogP contribution >= 0.6 is 0 Å². The Morgan fingerprint density at radius 2 is 1.83 bits per heavy atom. The average Bonchev–Trinajstić information content (AvgIpc) is 3.03. The standard InChI is InChI=1S/C17H31N3O3/c1-3-15-12-20(11-13(2)23-15)17(22)19-9-8-18-16(21)10-14-6-4-5-7-14/h13-15H,3-12H2,1-2H3,(H,18,21)(H,19,22)/t13-,15+/m0/s1. The van der Waals surface area contributed by atoms with E-state index in [-0.39, 0.29) is 24.1 Å². The molecule has 2 aliphatic rings. The molecule has 2 atom stereocenters. The Kier molecular flexibility index (Phi) is 7.15. The molecule has 1 heterocycles. The summed E-state index contributed by atoms with van der Waals surface area (Å²) in [4.78, 5) is 25.8. The van der Waals surface area contributed by atoms with Crippen LogP contribution in [-0.4, -0.2) is 55.2 Å². The third kappa shape index (κ3) is 6.01. The molecule has 0 aromatic rings. The molecular weight excluding hydrogens is 294 g/mol. The Labute approximate surface area is 139 Å². The predicted molar refractivity (Wildman–Crippen MR) is 89.2 cm³/mol. The van der Waals surface area contributed by atoms with Gasteiger partial charge in [-0.05, 0) is 32.1 Å². The minimum Gasteiger partial charge on any atom is -0.372 e. The normalized spacial score (nSPS) is 25.4. The van der Waals surface area contributed by atoms with Crippen molar-refractivity contribution in [2.75, 3.05) is 26.2 Å². The van der Waals surface area contributed by atoms with Gasteiger partial charge in [0.15, 0.2) is 0 Å². The summed E-state index contributed by atoms with van der Waals surface area (Å²) in [7, 11) is 0. The zero-order valence-corrected chi connectivity index (χ0v) is 14.5. The van der Waals surface area contributed by atoms with Gasteiger partial charge in [0.2, 0.25) is 5.91 Å². The van der Waals surface area contributed by atoms with E-state index >= 15 is 0 Å². The Morgan fingerprint density at radius 3 is 2.52 bits per heavy atom. The maximum absolute atomic E-state index is 12.2. The Balaban J connectivity index is 1.59. The van der Waals surface area contributed by atoms with E-state index in [0.717, 1.165) is 6.42 Å². The summed E-state index contributed by atoms with van der Waals surface area (Å²) in [5.74, 6) is 0.669. The highest BCUT2D eigenvalue weighted by Gasteiger charge is 2.27. The molecule has 6 nitrogen and oxygen atoms in total. The first kappa shape index (κ1) is 18.0. The van der Waals surface area contributed by atoms with E-state index in [4.69, 9.17) is 4.74 Å². The van der Waals surface area contributed by atoms with E-state index in [0.29, 0.717) is 38.5 Å². The highest BCUT2D eigenvalue weighted by molar-refractivity contribution is 5.76. The quantitative estimate of drug-likeness (QED) is 0.733. The van der Waals surface area contributed by atoms with Gasteiger partial charge in [0, 0.05) is 32.6 Å². The number of morpholine rings is 1. The summed E-state index contributed by atoms with van der Waals surface area (Å²) in [6, 6.07) is -0.0661. The third-order valence-corrected chi connectivity index (χ3v) is 4.74. The van der Waals surface area contributed by atoms with E-state index in [2.05, 4.69) is 17.6 Å². The molecule has 1 saturated heterocycles. The molecule has 1 saturated carbocycles. The number of hydrogen-bond donors (Lipinski definition) is 2. The van der Waals surface area contributed by atoms with Crippen molar-refractivity contribution in [3.05, 3.63) is 0 Å². The van der Waals surface area contributed by atoms with Crippen LogP contribution in [0.1, 0.15) is 52.4 Å². The largest absolute Gasteiger partial charge is 0.372 e. The van der Waals surface area contributed by atoms with Crippen LogP contribution in [0, 0.1) is 5.92 Å². The number of rotatable bonds is 6. The van der Waals surface area contributed by atoms with Crippen LogP contribution in [-0.2, 0) is 9.53 Å². The third-order valence-electron chi connectivity index (χ3n) is 4.74. The summed E-state index contributed by atoms with van der Waals surface area (Å²) in [6.07, 6.45) is 6.60. The van der Waals surface area contributed by atoms with Crippen molar-refractivity contribution in [1.82, 2.24) is 15.5 Å². The number of carbonyl (C=O) groups is 2. The molecule has 1 aliphatic carbocycles. The van der Waals surface area contributed by atoms with Crippen LogP contribution in [0.4, 0.5) is 4.79 Å². The number of nitrogens with zero attached hydrogens (tertiary/aromatic N) is 1. The lowest BCUT2D eigenvalue weighted by atomic mass is 10.0. The van der Waals surface area contributed by atoms with Gasteiger partial charge in [-0.2, -0.15) is 0 Å². The summed E-state index contributed by atoms with van der Waals surface area (Å²) >= 11 is 0. The first-order valence-corrected chi connectivity index (χ1v) is 9.03. The molecule has 1 aliphatic heterocycles. The van der Waals surface area contributed by atoms with Crippen LogP contribution in [0.25, 0.3) is 0 Å². The molecule has 0 bridgehead atoms. The van der Waals surface area contributed by atoms with Gasteiger partial charge in [0.05, 0.1) is 12.2 Å². The average molecular weight is 325 g/mol. The van der Waals surface area contributed by atoms with Gasteiger partial charge in [0.25, 0.3) is 0 Å². The molecule has 2 N–H and O–H groups in total. The molecule has 0 spiro atoms. The Bertz CT molecular complexity index is 397. The number of urea groups is 1. The van der Waals surface area contributed by atoms with Crippen molar-refractivity contribution < 1.29 is 14.3 Å². The number of carbonyl (C=O) groups excluding carboxylic acids is 2. The Hall–Kier alpha value is -1.30. The van der Waals surface area contributed by atoms with Crippen molar-refractivity contribution in [3.63, 3.8) is 0 Å². The van der Waals surface area contributed by atoms with Gasteiger partial charge in [-0.3, -0.25) is 4.79 Å². The lowest BCUT2D eigenvalue weighted by molar-refractivity contribution is -0.121. The number of ether oxygens (including phenoxy) is 1. The Morgan fingerprint density at radius 1 is 1.13 bits per heavy atom. The molecule has 0 aromatic heterocycles. The molecule has 3 amide bonds. The fourth-order valence-corrected chi connectivity index (χ4v) is 3.47. The summed E-state index contributed by atoms with van der Waals surface area (Å²) in [6.45, 7) is 6.28. The maximum Gasteiger partial charge on any atom is 0.317 e. The van der Waals surface area contributed by atoms with Crippen molar-refractivity contribution in [2.24, 2.45) is 5.92 Å². The molecule has 23 heavy (non-hydrogen) atoms. The van der Waals surface area contributed by atoms with Crippen molar-refractivity contribution in [1.29, 1.82) is 0 Å². The molecule has 6 heteroatoms. The summed E-state index contributed by atoms with van der Waals surface area (Å²) < 4.78 is 5.76. The van der Waals surface area contributed by atoms with E-state index in [1.807, 2.05) is 11.8 Å². The zero-order valence-electron chi connectivity index (χ0n) is 14.5. The fourth-order valence-electron chi connectivity index (χ4n) is 3.47. The van der Waals surface area contributed by atoms with Crippen LogP contribution < -0.4 is 10.6 Å². The van der Waals surface area contributed by atoms with Gasteiger partial charge in [-0.1, -0.05) is 19.8 Å². The van der Waals surface area contributed by atoms with Gasteiger partial charge in [-0.25, -0.2) is 4.79 Å². The second-order valence-electron chi connectivity index (χ2n) is 6.82. The van der Waals surface area contributed by atoms with Crippen LogP contribution in [0.3, 0.4) is 0 Å². The molecule has 2 rings (SSSR count). The summed E-state index contributed by atoms with van der Waals surface area (Å²) in [5, 5.41) is 5.78. The lowest BCUT2D eigenvalue weighted by Gasteiger charge is -2.36. The minimum atomic E-state index is -0.0661. The van der Waals surface area contributed by atoms with E-state index in [1.54, 1.807) is 0 Å². The first-order valence-electron chi connectivity index (χ1n) is 9.03. The topological polar surface area (TPSA) is 70.7 Å². The van der Waals surface area contributed by atoms with Gasteiger partial charge in [0.1, 0.15) is 0 Å². The smallest absolute Gasteiger partial charge is 0.317 e. The molecule has 2 fully saturated rings. The van der Waals surface area contributed by atoms with E-state index < -0.39 is 0 Å². The van der Waals surface area contributed by atoms with Gasteiger partial charge < -0.3 is 20.3 Å². The minimum absolute atomic E-state index is 0.0661. The maximum atomic E-state index is 12.2. The molecular formula is C17H31N3O3.